The van der Waals surface area contributed by atoms with Gasteiger partial charge in [0.05, 0.1) is 0 Å². The number of amides is 1. The first-order valence-electron chi connectivity index (χ1n) is 5.74. The predicted octanol–water partition coefficient (Wildman–Crippen LogP) is 1.60. The summed E-state index contributed by atoms with van der Waals surface area (Å²) in [6.07, 6.45) is 3.91. The molecule has 1 saturated heterocycles. The molecule has 1 aromatic rings. The molecule has 1 aliphatic carbocycles. The molecular formula is C11H15N3OS. The number of likely N-dealkylation sites (tertiary alicyclic amines) is 1. The van der Waals surface area contributed by atoms with Gasteiger partial charge in [0.25, 0.3) is 5.91 Å². The molecule has 2 unspecified atom stereocenters. The molecule has 1 saturated carbocycles. The number of carbonyl (C=O) groups excluding carboxylic acids is 1. The second-order valence-corrected chi connectivity index (χ2v) is 5.62. The molecule has 1 amide bonds. The number of nitrogen functional groups attached to an aromatic ring is 1. The summed E-state index contributed by atoms with van der Waals surface area (Å²) in [6, 6.07) is 0. The van der Waals surface area contributed by atoms with Crippen LogP contribution in [0.15, 0.2) is 5.38 Å². The van der Waals surface area contributed by atoms with Crippen LogP contribution in [0, 0.1) is 11.8 Å². The van der Waals surface area contributed by atoms with Gasteiger partial charge in [-0.05, 0) is 24.7 Å². The zero-order chi connectivity index (χ0) is 11.1. The van der Waals surface area contributed by atoms with Crippen molar-refractivity contribution in [1.29, 1.82) is 0 Å². The van der Waals surface area contributed by atoms with Crippen LogP contribution in [0.4, 0.5) is 5.13 Å². The largest absolute Gasteiger partial charge is 0.375 e. The molecule has 0 aromatic carbocycles. The fourth-order valence-electron chi connectivity index (χ4n) is 2.95. The van der Waals surface area contributed by atoms with E-state index < -0.39 is 0 Å². The lowest BCUT2D eigenvalue weighted by molar-refractivity contribution is 0.0776. The van der Waals surface area contributed by atoms with Gasteiger partial charge in [-0.1, -0.05) is 6.42 Å². The van der Waals surface area contributed by atoms with Crippen LogP contribution in [0.5, 0.6) is 0 Å². The topological polar surface area (TPSA) is 59.2 Å². The van der Waals surface area contributed by atoms with E-state index >= 15 is 0 Å². The Bertz CT molecular complexity index is 405. The van der Waals surface area contributed by atoms with Gasteiger partial charge >= 0.3 is 0 Å². The third-order valence-electron chi connectivity index (χ3n) is 3.75. The van der Waals surface area contributed by atoms with Crippen molar-refractivity contribution < 1.29 is 4.79 Å². The molecule has 2 fully saturated rings. The van der Waals surface area contributed by atoms with Gasteiger partial charge < -0.3 is 10.6 Å². The maximum Gasteiger partial charge on any atom is 0.273 e. The zero-order valence-electron chi connectivity index (χ0n) is 9.06. The standard InChI is InChI=1S/C11H15N3OS/c12-11-13-9(6-16-11)10(15)14-4-7-2-1-3-8(7)5-14/h6-8H,1-5H2,(H2,12,13). The van der Waals surface area contributed by atoms with E-state index in [1.807, 2.05) is 4.90 Å². The van der Waals surface area contributed by atoms with Gasteiger partial charge in [-0.2, -0.15) is 0 Å². The van der Waals surface area contributed by atoms with E-state index in [0.717, 1.165) is 24.9 Å². The Morgan fingerprint density at radius 1 is 1.44 bits per heavy atom. The Balaban J connectivity index is 1.73. The first kappa shape index (κ1) is 10.1. The number of hydrogen-bond acceptors (Lipinski definition) is 4. The third kappa shape index (κ3) is 1.59. The molecule has 2 aliphatic rings. The fourth-order valence-corrected chi connectivity index (χ4v) is 3.49. The molecular weight excluding hydrogens is 222 g/mol. The highest BCUT2D eigenvalue weighted by atomic mass is 32.1. The number of rotatable bonds is 1. The molecule has 3 rings (SSSR count). The van der Waals surface area contributed by atoms with Crippen molar-refractivity contribution >= 4 is 22.4 Å². The van der Waals surface area contributed by atoms with Crippen molar-refractivity contribution in [1.82, 2.24) is 9.88 Å². The summed E-state index contributed by atoms with van der Waals surface area (Å²) in [5, 5.41) is 2.23. The van der Waals surface area contributed by atoms with Crippen LogP contribution in [0.1, 0.15) is 29.8 Å². The summed E-state index contributed by atoms with van der Waals surface area (Å²) in [4.78, 5) is 18.1. The molecule has 86 valence electrons. The van der Waals surface area contributed by atoms with Gasteiger partial charge in [0.1, 0.15) is 5.69 Å². The van der Waals surface area contributed by atoms with E-state index in [4.69, 9.17) is 5.73 Å². The Kier molecular flexibility index (Phi) is 2.35. The highest BCUT2D eigenvalue weighted by Gasteiger charge is 2.38. The minimum atomic E-state index is 0.0577. The maximum atomic E-state index is 12.1. The van der Waals surface area contributed by atoms with Gasteiger partial charge in [0, 0.05) is 18.5 Å². The molecule has 2 N–H and O–H groups in total. The Labute approximate surface area is 98.5 Å². The molecule has 0 radical (unpaired) electrons. The first-order valence-corrected chi connectivity index (χ1v) is 6.62. The Morgan fingerprint density at radius 3 is 2.69 bits per heavy atom. The molecule has 2 heterocycles. The minimum absolute atomic E-state index is 0.0577. The summed E-state index contributed by atoms with van der Waals surface area (Å²) in [7, 11) is 0. The van der Waals surface area contributed by atoms with Crippen molar-refractivity contribution in [3.05, 3.63) is 11.1 Å². The average Bonchev–Trinajstić information content (AvgIpc) is 2.89. The lowest BCUT2D eigenvalue weighted by Gasteiger charge is -2.15. The Morgan fingerprint density at radius 2 is 2.12 bits per heavy atom. The smallest absolute Gasteiger partial charge is 0.273 e. The zero-order valence-corrected chi connectivity index (χ0v) is 9.87. The summed E-state index contributed by atoms with van der Waals surface area (Å²) < 4.78 is 0. The van der Waals surface area contributed by atoms with E-state index in [0.29, 0.717) is 10.8 Å². The minimum Gasteiger partial charge on any atom is -0.375 e. The van der Waals surface area contributed by atoms with Crippen LogP contribution in [0.2, 0.25) is 0 Å². The second kappa shape index (κ2) is 3.73. The number of carbonyl (C=O) groups is 1. The van der Waals surface area contributed by atoms with E-state index in [2.05, 4.69) is 4.98 Å². The lowest BCUT2D eigenvalue weighted by Crippen LogP contribution is -2.29. The molecule has 0 bridgehead atoms. The number of hydrogen-bond donors (Lipinski definition) is 1. The molecule has 4 nitrogen and oxygen atoms in total. The molecule has 16 heavy (non-hydrogen) atoms. The van der Waals surface area contributed by atoms with Gasteiger partial charge in [0.15, 0.2) is 5.13 Å². The summed E-state index contributed by atoms with van der Waals surface area (Å²) >= 11 is 1.33. The van der Waals surface area contributed by atoms with Crippen molar-refractivity contribution in [2.24, 2.45) is 11.8 Å². The molecule has 5 heteroatoms. The summed E-state index contributed by atoms with van der Waals surface area (Å²) in [5.41, 5.74) is 6.06. The van der Waals surface area contributed by atoms with E-state index in [1.54, 1.807) is 5.38 Å². The van der Waals surface area contributed by atoms with Crippen LogP contribution in [0.25, 0.3) is 0 Å². The third-order valence-corrected chi connectivity index (χ3v) is 4.43. The average molecular weight is 237 g/mol. The van der Waals surface area contributed by atoms with Crippen molar-refractivity contribution in [2.45, 2.75) is 19.3 Å². The number of anilines is 1. The highest BCUT2D eigenvalue weighted by molar-refractivity contribution is 7.13. The fraction of sp³-hybridized carbons (Fsp3) is 0.636. The van der Waals surface area contributed by atoms with Crippen LogP contribution in [-0.2, 0) is 0 Å². The van der Waals surface area contributed by atoms with Crippen LogP contribution in [-0.4, -0.2) is 28.9 Å². The summed E-state index contributed by atoms with van der Waals surface area (Å²) in [5.74, 6) is 1.53. The van der Waals surface area contributed by atoms with E-state index in [1.165, 1.54) is 30.6 Å². The quantitative estimate of drug-likeness (QED) is 0.807. The van der Waals surface area contributed by atoms with E-state index in [-0.39, 0.29) is 5.91 Å². The van der Waals surface area contributed by atoms with Gasteiger partial charge in [0.2, 0.25) is 0 Å². The number of fused-ring (bicyclic) bond motifs is 1. The number of nitrogens with two attached hydrogens (primary N) is 1. The normalized spacial score (nSPS) is 28.4. The highest BCUT2D eigenvalue weighted by Crippen LogP contribution is 2.38. The van der Waals surface area contributed by atoms with E-state index in [9.17, 15) is 4.79 Å². The molecule has 1 aliphatic heterocycles. The van der Waals surface area contributed by atoms with Crippen molar-refractivity contribution in [3.8, 4) is 0 Å². The van der Waals surface area contributed by atoms with Crippen molar-refractivity contribution in [2.75, 3.05) is 18.8 Å². The molecule has 2 atom stereocenters. The van der Waals surface area contributed by atoms with Gasteiger partial charge in [-0.25, -0.2) is 4.98 Å². The predicted molar refractivity (Wildman–Crippen MR) is 63.3 cm³/mol. The number of nitrogens with zero attached hydrogens (tertiary/aromatic N) is 2. The summed E-state index contributed by atoms with van der Waals surface area (Å²) in [6.45, 7) is 1.84. The van der Waals surface area contributed by atoms with Crippen LogP contribution < -0.4 is 5.73 Å². The van der Waals surface area contributed by atoms with Crippen LogP contribution in [0.3, 0.4) is 0 Å². The maximum absolute atomic E-state index is 12.1. The monoisotopic (exact) mass is 237 g/mol. The lowest BCUT2D eigenvalue weighted by atomic mass is 10.0. The van der Waals surface area contributed by atoms with Gasteiger partial charge in [-0.15, -0.1) is 11.3 Å². The SMILES string of the molecule is Nc1nc(C(=O)N2CC3CCCC3C2)cs1. The molecule has 0 spiro atoms. The number of thiazole rings is 1. The second-order valence-electron chi connectivity index (χ2n) is 4.73. The van der Waals surface area contributed by atoms with Crippen LogP contribution >= 0.6 is 11.3 Å². The Hall–Kier alpha value is -1.10. The van der Waals surface area contributed by atoms with Gasteiger partial charge in [-0.3, -0.25) is 4.79 Å². The van der Waals surface area contributed by atoms with Crippen molar-refractivity contribution in [3.63, 3.8) is 0 Å². The molecule has 1 aromatic heterocycles. The number of aromatic nitrogens is 1. The first-order chi connectivity index (χ1) is 7.74.